The van der Waals surface area contributed by atoms with Crippen molar-refractivity contribution in [1.82, 2.24) is 9.99 Å². The van der Waals surface area contributed by atoms with Gasteiger partial charge in [-0.05, 0) is 86.1 Å². The zero-order valence-corrected chi connectivity index (χ0v) is 24.3. The highest BCUT2D eigenvalue weighted by atomic mass is 16.6. The summed E-state index contributed by atoms with van der Waals surface area (Å²) < 4.78 is 19.3. The second-order valence-electron chi connectivity index (χ2n) is 9.94. The van der Waals surface area contributed by atoms with Gasteiger partial charge in [0.15, 0.2) is 5.76 Å². The molecular formula is C33H28N4O8. The average Bonchev–Trinajstić information content (AvgIpc) is 3.65. The van der Waals surface area contributed by atoms with Gasteiger partial charge in [0.25, 0.3) is 0 Å². The Labute approximate surface area is 257 Å². The van der Waals surface area contributed by atoms with Crippen LogP contribution in [0.25, 0.3) is 5.69 Å². The van der Waals surface area contributed by atoms with Crippen molar-refractivity contribution in [3.63, 3.8) is 0 Å². The predicted octanol–water partition coefficient (Wildman–Crippen LogP) is 6.22. The third-order valence-electron chi connectivity index (χ3n) is 6.81. The minimum atomic E-state index is -1.07. The van der Waals surface area contributed by atoms with Crippen molar-refractivity contribution in [3.8, 4) is 17.2 Å². The first-order valence-electron chi connectivity index (χ1n) is 13.7. The third-order valence-corrected chi connectivity index (χ3v) is 6.81. The number of hydrazone groups is 1. The first-order valence-corrected chi connectivity index (χ1v) is 13.7. The van der Waals surface area contributed by atoms with E-state index < -0.39 is 16.8 Å². The topological polar surface area (TPSA) is 158 Å². The number of amides is 1. The molecule has 0 aliphatic heterocycles. The maximum Gasteiger partial charge on any atom is 0.335 e. The lowest BCUT2D eigenvalue weighted by molar-refractivity contribution is -0.386. The highest BCUT2D eigenvalue weighted by Crippen LogP contribution is 2.31. The fraction of sp³-hybridized carbons (Fsp3) is 0.121. The quantitative estimate of drug-likeness (QED) is 0.0960. The van der Waals surface area contributed by atoms with Crippen LogP contribution in [0.4, 0.5) is 5.69 Å². The van der Waals surface area contributed by atoms with Gasteiger partial charge in [0.05, 0.1) is 16.7 Å². The van der Waals surface area contributed by atoms with Gasteiger partial charge in [-0.1, -0.05) is 18.2 Å². The number of nitrogens with zero attached hydrogens (tertiary/aromatic N) is 3. The molecule has 0 fully saturated rings. The lowest BCUT2D eigenvalue weighted by Crippen LogP contribution is -2.17. The summed E-state index contributed by atoms with van der Waals surface area (Å²) in [5.74, 6) is -0.699. The number of nitrogens with one attached hydrogen (secondary N) is 1. The van der Waals surface area contributed by atoms with Gasteiger partial charge in [-0.25, -0.2) is 10.2 Å². The number of ether oxygens (including phenoxy) is 2. The summed E-state index contributed by atoms with van der Waals surface area (Å²) in [4.78, 5) is 34.7. The molecule has 0 saturated carbocycles. The Hall–Kier alpha value is -6.17. The number of aromatic nitrogens is 1. The van der Waals surface area contributed by atoms with E-state index in [2.05, 4.69) is 27.2 Å². The number of para-hydroxylation sites is 1. The normalized spacial score (nSPS) is 11.0. The standard InChI is InChI=1S/C33H28N4O8/c1-21-6-7-22(2)36(21)26-12-14-27(15-13-26)43-20-28-16-17-30(45-28)32(38)35-34-18-25-4-3-5-29(37(41)42)31(25)44-19-23-8-10-24(11-9-23)33(39)40/h3-18H,19-20H2,1-2H3,(H,35,38)(H,39,40)/b34-18+. The van der Waals surface area contributed by atoms with Gasteiger partial charge in [0.1, 0.15) is 24.7 Å². The number of nitro benzene ring substituents is 1. The Balaban J connectivity index is 1.19. The lowest BCUT2D eigenvalue weighted by atomic mass is 10.1. The largest absolute Gasteiger partial charge is 0.486 e. The summed E-state index contributed by atoms with van der Waals surface area (Å²) in [5, 5.41) is 24.6. The van der Waals surface area contributed by atoms with Crippen LogP contribution in [0.5, 0.6) is 11.5 Å². The van der Waals surface area contributed by atoms with E-state index in [-0.39, 0.29) is 41.5 Å². The van der Waals surface area contributed by atoms with Gasteiger partial charge in [0, 0.05) is 28.7 Å². The van der Waals surface area contributed by atoms with Gasteiger partial charge >= 0.3 is 17.6 Å². The number of carbonyl (C=O) groups excluding carboxylic acids is 1. The van der Waals surface area contributed by atoms with E-state index >= 15 is 0 Å². The Morgan fingerprint density at radius 1 is 0.933 bits per heavy atom. The molecule has 228 valence electrons. The van der Waals surface area contributed by atoms with Gasteiger partial charge in [-0.15, -0.1) is 0 Å². The number of carboxylic acids is 1. The Bertz CT molecular complexity index is 1850. The first-order chi connectivity index (χ1) is 21.7. The van der Waals surface area contributed by atoms with Crippen LogP contribution in [-0.2, 0) is 13.2 Å². The molecule has 0 bridgehead atoms. The molecule has 2 heterocycles. The Morgan fingerprint density at radius 3 is 2.31 bits per heavy atom. The van der Waals surface area contributed by atoms with Crippen molar-refractivity contribution in [3.05, 3.63) is 141 Å². The average molecular weight is 609 g/mol. The maximum absolute atomic E-state index is 12.6. The van der Waals surface area contributed by atoms with Crippen molar-refractivity contribution >= 4 is 23.8 Å². The molecule has 5 rings (SSSR count). The van der Waals surface area contributed by atoms with E-state index in [9.17, 15) is 19.7 Å². The number of hydrogen-bond acceptors (Lipinski definition) is 8. The van der Waals surface area contributed by atoms with Crippen LogP contribution >= 0.6 is 0 Å². The summed E-state index contributed by atoms with van der Waals surface area (Å²) in [5.41, 5.74) is 6.28. The van der Waals surface area contributed by atoms with Crippen molar-refractivity contribution in [2.24, 2.45) is 5.10 Å². The SMILES string of the molecule is Cc1ccc(C)n1-c1ccc(OCc2ccc(C(=O)N/N=C/c3cccc([N+](=O)[O-])c3OCc3ccc(C(=O)O)cc3)o2)cc1. The number of rotatable bonds is 12. The third kappa shape index (κ3) is 7.25. The van der Waals surface area contributed by atoms with E-state index in [0.29, 0.717) is 17.1 Å². The van der Waals surface area contributed by atoms with E-state index in [4.69, 9.17) is 19.0 Å². The number of nitro groups is 1. The Kier molecular flexibility index (Phi) is 9.04. The number of aryl methyl sites for hydroxylation is 2. The van der Waals surface area contributed by atoms with Gasteiger partial charge in [-0.2, -0.15) is 5.10 Å². The molecule has 45 heavy (non-hydrogen) atoms. The molecule has 0 atom stereocenters. The molecule has 0 saturated heterocycles. The number of furan rings is 1. The molecule has 5 aromatic rings. The molecule has 3 aromatic carbocycles. The fourth-order valence-corrected chi connectivity index (χ4v) is 4.56. The van der Waals surface area contributed by atoms with E-state index in [1.54, 1.807) is 24.3 Å². The molecule has 0 spiro atoms. The lowest BCUT2D eigenvalue weighted by Gasteiger charge is -2.10. The Morgan fingerprint density at radius 2 is 1.64 bits per heavy atom. The van der Waals surface area contributed by atoms with E-state index in [1.807, 2.05) is 38.1 Å². The van der Waals surface area contributed by atoms with Crippen molar-refractivity contribution < 1.29 is 33.5 Å². The first kappa shape index (κ1) is 30.3. The summed E-state index contributed by atoms with van der Waals surface area (Å²) in [6.45, 7) is 4.13. The van der Waals surface area contributed by atoms with Gasteiger partial charge in [0.2, 0.25) is 5.75 Å². The number of benzene rings is 3. The number of carboxylic acid groups (broad SMARTS) is 1. The summed E-state index contributed by atoms with van der Waals surface area (Å²) in [6.07, 6.45) is 1.22. The summed E-state index contributed by atoms with van der Waals surface area (Å²) in [6, 6.07) is 25.1. The number of aromatic carboxylic acids is 1. The van der Waals surface area contributed by atoms with E-state index in [0.717, 1.165) is 17.1 Å². The maximum atomic E-state index is 12.6. The van der Waals surface area contributed by atoms with Crippen LogP contribution in [0, 0.1) is 24.0 Å². The van der Waals surface area contributed by atoms with Crippen LogP contribution in [0.3, 0.4) is 0 Å². The minimum absolute atomic E-state index is 0.0000189. The number of carbonyl (C=O) groups is 2. The smallest absolute Gasteiger partial charge is 0.335 e. The second-order valence-corrected chi connectivity index (χ2v) is 9.94. The van der Waals surface area contributed by atoms with Gasteiger partial charge in [-0.3, -0.25) is 14.9 Å². The van der Waals surface area contributed by atoms with Crippen LogP contribution in [-0.4, -0.2) is 32.7 Å². The minimum Gasteiger partial charge on any atom is -0.486 e. The molecule has 0 unspecified atom stereocenters. The molecule has 0 radical (unpaired) electrons. The molecule has 1 amide bonds. The molecule has 2 N–H and O–H groups in total. The summed E-state index contributed by atoms with van der Waals surface area (Å²) in [7, 11) is 0. The van der Waals surface area contributed by atoms with Crippen LogP contribution in [0.2, 0.25) is 0 Å². The van der Waals surface area contributed by atoms with Crippen LogP contribution in [0.15, 0.2) is 101 Å². The molecule has 0 aliphatic rings. The zero-order valence-electron chi connectivity index (χ0n) is 24.3. The van der Waals surface area contributed by atoms with Crippen molar-refractivity contribution in [2.75, 3.05) is 0 Å². The molecule has 2 aromatic heterocycles. The van der Waals surface area contributed by atoms with Crippen LogP contribution < -0.4 is 14.9 Å². The van der Waals surface area contributed by atoms with E-state index in [1.165, 1.54) is 36.5 Å². The van der Waals surface area contributed by atoms with Gasteiger partial charge < -0.3 is 23.6 Å². The number of hydrogen-bond donors (Lipinski definition) is 2. The molecule has 12 nitrogen and oxygen atoms in total. The predicted molar refractivity (Wildman–Crippen MR) is 164 cm³/mol. The summed E-state index contributed by atoms with van der Waals surface area (Å²) >= 11 is 0. The highest BCUT2D eigenvalue weighted by Gasteiger charge is 2.19. The second kappa shape index (κ2) is 13.4. The molecule has 0 aliphatic carbocycles. The van der Waals surface area contributed by atoms with Crippen molar-refractivity contribution in [1.29, 1.82) is 0 Å². The molecular weight excluding hydrogens is 580 g/mol. The molecule has 12 heteroatoms. The van der Waals surface area contributed by atoms with Crippen molar-refractivity contribution in [2.45, 2.75) is 27.1 Å². The fourth-order valence-electron chi connectivity index (χ4n) is 4.56. The van der Waals surface area contributed by atoms with Crippen LogP contribution in [0.1, 0.15) is 49.2 Å². The highest BCUT2D eigenvalue weighted by molar-refractivity contribution is 5.93. The monoisotopic (exact) mass is 608 g/mol. The zero-order chi connectivity index (χ0) is 31.9.